The summed E-state index contributed by atoms with van der Waals surface area (Å²) < 4.78 is 23.2. The quantitative estimate of drug-likeness (QED) is 0.885. The van der Waals surface area contributed by atoms with E-state index in [2.05, 4.69) is 5.32 Å². The molecule has 0 heterocycles. The van der Waals surface area contributed by atoms with E-state index in [1.807, 2.05) is 19.1 Å². The van der Waals surface area contributed by atoms with Crippen molar-refractivity contribution in [3.63, 3.8) is 0 Å². The fourth-order valence-electron chi connectivity index (χ4n) is 2.20. The lowest BCUT2D eigenvalue weighted by Crippen LogP contribution is -2.35. The first-order valence-electron chi connectivity index (χ1n) is 7.59. The summed E-state index contributed by atoms with van der Waals surface area (Å²) >= 11 is 0. The number of rotatable bonds is 5. The molecule has 6 nitrogen and oxygen atoms in total. The Labute approximate surface area is 147 Å². The molecule has 132 valence electrons. The maximum Gasteiger partial charge on any atom is 0.254 e. The molecule has 25 heavy (non-hydrogen) atoms. The molecule has 0 saturated heterocycles. The van der Waals surface area contributed by atoms with Crippen LogP contribution in [0.3, 0.4) is 0 Å². The highest BCUT2D eigenvalue weighted by Gasteiger charge is 2.17. The Bertz CT molecular complexity index is 890. The fraction of sp³-hybridized carbons (Fsp3) is 0.222. The van der Waals surface area contributed by atoms with E-state index in [-0.39, 0.29) is 22.9 Å². The number of amides is 2. The van der Waals surface area contributed by atoms with Crippen LogP contribution in [-0.2, 0) is 14.6 Å². The first kappa shape index (κ1) is 18.7. The van der Waals surface area contributed by atoms with Crippen molar-refractivity contribution >= 4 is 27.3 Å². The Morgan fingerprint density at radius 3 is 2.32 bits per heavy atom. The minimum absolute atomic E-state index is 0.0656. The Kier molecular flexibility index (Phi) is 5.58. The average molecular weight is 360 g/mol. The largest absolute Gasteiger partial charge is 0.332 e. The molecule has 1 N–H and O–H groups in total. The molecule has 0 fully saturated rings. The van der Waals surface area contributed by atoms with E-state index in [9.17, 15) is 18.0 Å². The Morgan fingerprint density at radius 1 is 1.08 bits per heavy atom. The van der Waals surface area contributed by atoms with E-state index < -0.39 is 15.7 Å². The van der Waals surface area contributed by atoms with E-state index in [1.165, 1.54) is 36.2 Å². The molecule has 2 rings (SSSR count). The second kappa shape index (κ2) is 7.48. The molecular weight excluding hydrogens is 340 g/mol. The zero-order chi connectivity index (χ0) is 18.6. The van der Waals surface area contributed by atoms with Gasteiger partial charge in [-0.25, -0.2) is 8.42 Å². The highest BCUT2D eigenvalue weighted by molar-refractivity contribution is 7.90. The number of carbonyl (C=O) groups is 2. The Morgan fingerprint density at radius 2 is 1.72 bits per heavy atom. The van der Waals surface area contributed by atoms with Crippen molar-refractivity contribution in [2.75, 3.05) is 25.2 Å². The van der Waals surface area contributed by atoms with Gasteiger partial charge in [0, 0.05) is 24.6 Å². The summed E-state index contributed by atoms with van der Waals surface area (Å²) in [5.74, 6) is -0.761. The van der Waals surface area contributed by atoms with E-state index >= 15 is 0 Å². The normalized spacial score (nSPS) is 11.0. The third-order valence-corrected chi connectivity index (χ3v) is 4.68. The van der Waals surface area contributed by atoms with Gasteiger partial charge in [0.15, 0.2) is 9.84 Å². The number of nitrogens with one attached hydrogen (secondary N) is 1. The van der Waals surface area contributed by atoms with Gasteiger partial charge in [0.1, 0.15) is 0 Å². The summed E-state index contributed by atoms with van der Waals surface area (Å²) in [6, 6.07) is 13.1. The van der Waals surface area contributed by atoms with Crippen molar-refractivity contribution < 1.29 is 18.0 Å². The summed E-state index contributed by atoms with van der Waals surface area (Å²) in [7, 11) is -1.91. The van der Waals surface area contributed by atoms with Crippen LogP contribution in [-0.4, -0.2) is 45.0 Å². The molecule has 7 heteroatoms. The van der Waals surface area contributed by atoms with E-state index in [0.29, 0.717) is 5.69 Å². The maximum atomic E-state index is 12.4. The summed E-state index contributed by atoms with van der Waals surface area (Å²) in [6.45, 7) is 1.80. The SMILES string of the molecule is Cc1ccc(NC(=O)CN(C)C(=O)c2cccc(S(C)(=O)=O)c2)cc1. The molecule has 2 aromatic carbocycles. The first-order chi connectivity index (χ1) is 11.7. The van der Waals surface area contributed by atoms with Crippen LogP contribution >= 0.6 is 0 Å². The molecule has 2 amide bonds. The van der Waals surface area contributed by atoms with Crippen molar-refractivity contribution in [3.05, 3.63) is 59.7 Å². The molecule has 0 bridgehead atoms. The van der Waals surface area contributed by atoms with Crippen LogP contribution in [0.25, 0.3) is 0 Å². The molecule has 0 aliphatic carbocycles. The number of hydrogen-bond donors (Lipinski definition) is 1. The van der Waals surface area contributed by atoms with Gasteiger partial charge in [-0.15, -0.1) is 0 Å². The third-order valence-electron chi connectivity index (χ3n) is 3.57. The van der Waals surface area contributed by atoms with E-state index in [0.717, 1.165) is 11.8 Å². The fourth-order valence-corrected chi connectivity index (χ4v) is 2.87. The van der Waals surface area contributed by atoms with Gasteiger partial charge in [-0.05, 0) is 37.3 Å². The number of carbonyl (C=O) groups excluding carboxylic acids is 2. The molecule has 0 radical (unpaired) electrons. The van der Waals surface area contributed by atoms with Crippen LogP contribution in [0.2, 0.25) is 0 Å². The summed E-state index contributed by atoms with van der Waals surface area (Å²) in [6.07, 6.45) is 1.08. The summed E-state index contributed by atoms with van der Waals surface area (Å²) in [5.41, 5.74) is 1.94. The Hall–Kier alpha value is -2.67. The van der Waals surface area contributed by atoms with Crippen molar-refractivity contribution in [2.24, 2.45) is 0 Å². The van der Waals surface area contributed by atoms with Gasteiger partial charge in [0.2, 0.25) is 5.91 Å². The summed E-state index contributed by atoms with van der Waals surface area (Å²) in [5, 5.41) is 2.71. The number of likely N-dealkylation sites (N-methyl/N-ethyl adjacent to an activating group) is 1. The zero-order valence-corrected chi connectivity index (χ0v) is 15.1. The topological polar surface area (TPSA) is 83.6 Å². The van der Waals surface area contributed by atoms with Crippen molar-refractivity contribution in [1.82, 2.24) is 4.90 Å². The summed E-state index contributed by atoms with van der Waals surface area (Å²) in [4.78, 5) is 25.8. The lowest BCUT2D eigenvalue weighted by Gasteiger charge is -2.17. The van der Waals surface area contributed by atoms with Gasteiger partial charge in [-0.2, -0.15) is 0 Å². The van der Waals surface area contributed by atoms with Gasteiger partial charge < -0.3 is 10.2 Å². The molecule has 0 spiro atoms. The highest BCUT2D eigenvalue weighted by atomic mass is 32.2. The number of aryl methyl sites for hydroxylation is 1. The average Bonchev–Trinajstić information content (AvgIpc) is 2.55. The van der Waals surface area contributed by atoms with Crippen LogP contribution in [0.5, 0.6) is 0 Å². The number of anilines is 1. The number of hydrogen-bond acceptors (Lipinski definition) is 4. The molecule has 0 saturated carbocycles. The van der Waals surface area contributed by atoms with Crippen molar-refractivity contribution in [3.8, 4) is 0 Å². The molecule has 0 aromatic heterocycles. The highest BCUT2D eigenvalue weighted by Crippen LogP contribution is 2.13. The van der Waals surface area contributed by atoms with Crippen LogP contribution in [0.15, 0.2) is 53.4 Å². The minimum Gasteiger partial charge on any atom is -0.332 e. The van der Waals surface area contributed by atoms with Gasteiger partial charge in [0.05, 0.1) is 11.4 Å². The lowest BCUT2D eigenvalue weighted by molar-refractivity contribution is -0.116. The monoisotopic (exact) mass is 360 g/mol. The molecule has 0 aliphatic heterocycles. The lowest BCUT2D eigenvalue weighted by atomic mass is 10.2. The van der Waals surface area contributed by atoms with Crippen LogP contribution in [0.1, 0.15) is 15.9 Å². The van der Waals surface area contributed by atoms with Crippen LogP contribution < -0.4 is 5.32 Å². The predicted molar refractivity (Wildman–Crippen MR) is 96.3 cm³/mol. The second-order valence-electron chi connectivity index (χ2n) is 5.88. The molecule has 2 aromatic rings. The molecule has 0 atom stereocenters. The van der Waals surface area contributed by atoms with E-state index in [1.54, 1.807) is 12.1 Å². The van der Waals surface area contributed by atoms with Gasteiger partial charge in [0.25, 0.3) is 5.91 Å². The van der Waals surface area contributed by atoms with Crippen molar-refractivity contribution in [2.45, 2.75) is 11.8 Å². The second-order valence-corrected chi connectivity index (χ2v) is 7.89. The predicted octanol–water partition coefficient (Wildman–Crippen LogP) is 2.11. The van der Waals surface area contributed by atoms with Crippen molar-refractivity contribution in [1.29, 1.82) is 0 Å². The number of benzene rings is 2. The smallest absolute Gasteiger partial charge is 0.254 e. The number of nitrogens with zero attached hydrogens (tertiary/aromatic N) is 1. The molecule has 0 unspecified atom stereocenters. The molecular formula is C18H20N2O4S. The number of sulfone groups is 1. The standard InChI is InChI=1S/C18H20N2O4S/c1-13-7-9-15(10-8-13)19-17(21)12-20(2)18(22)14-5-4-6-16(11-14)25(3,23)24/h4-11H,12H2,1-3H3,(H,19,21). The first-order valence-corrected chi connectivity index (χ1v) is 9.48. The van der Waals surface area contributed by atoms with Crippen LogP contribution in [0.4, 0.5) is 5.69 Å². The van der Waals surface area contributed by atoms with Gasteiger partial charge in [-0.1, -0.05) is 23.8 Å². The van der Waals surface area contributed by atoms with E-state index in [4.69, 9.17) is 0 Å². The van der Waals surface area contributed by atoms with Crippen LogP contribution in [0, 0.1) is 6.92 Å². The van der Waals surface area contributed by atoms with Gasteiger partial charge >= 0.3 is 0 Å². The third kappa shape index (κ3) is 5.15. The van der Waals surface area contributed by atoms with Gasteiger partial charge in [-0.3, -0.25) is 9.59 Å². The Balaban J connectivity index is 2.05. The zero-order valence-electron chi connectivity index (χ0n) is 14.3. The maximum absolute atomic E-state index is 12.4. The minimum atomic E-state index is -3.40. The molecule has 0 aliphatic rings.